The molecule has 0 heterocycles. The van der Waals surface area contributed by atoms with Gasteiger partial charge in [0.25, 0.3) is 0 Å². The van der Waals surface area contributed by atoms with Crippen LogP contribution in [0.2, 0.25) is 0 Å². The molecule has 1 N–H and O–H groups in total. The Morgan fingerprint density at radius 1 is 1.00 bits per heavy atom. The summed E-state index contributed by atoms with van der Waals surface area (Å²) in [6.45, 7) is 3.31. The standard InChI is InChI=1S/C17H17F4NO/c1-2-22-10-13-5-8-16(15(18)9-13)23-11-12-3-6-14(7-4-12)17(19,20)21/h3-9,22H,2,10-11H2,1H3. The van der Waals surface area contributed by atoms with Crippen molar-refractivity contribution in [2.24, 2.45) is 0 Å². The van der Waals surface area contributed by atoms with Crippen LogP contribution in [-0.4, -0.2) is 6.54 Å². The van der Waals surface area contributed by atoms with Crippen molar-refractivity contribution in [3.05, 3.63) is 65.0 Å². The van der Waals surface area contributed by atoms with Crippen LogP contribution >= 0.6 is 0 Å². The summed E-state index contributed by atoms with van der Waals surface area (Å²) < 4.78 is 56.6. The van der Waals surface area contributed by atoms with Gasteiger partial charge in [-0.2, -0.15) is 13.2 Å². The van der Waals surface area contributed by atoms with Gasteiger partial charge in [-0.1, -0.05) is 25.1 Å². The van der Waals surface area contributed by atoms with Crippen LogP contribution in [-0.2, 0) is 19.3 Å². The van der Waals surface area contributed by atoms with Gasteiger partial charge in [-0.15, -0.1) is 0 Å². The fourth-order valence-corrected chi connectivity index (χ4v) is 1.99. The summed E-state index contributed by atoms with van der Waals surface area (Å²) >= 11 is 0. The van der Waals surface area contributed by atoms with E-state index in [1.165, 1.54) is 24.3 Å². The van der Waals surface area contributed by atoms with Crippen LogP contribution in [0, 0.1) is 5.82 Å². The number of ether oxygens (including phenoxy) is 1. The quantitative estimate of drug-likeness (QED) is 0.787. The molecule has 0 unspecified atom stereocenters. The normalized spacial score (nSPS) is 11.5. The van der Waals surface area contributed by atoms with Gasteiger partial charge in [0.1, 0.15) is 6.61 Å². The lowest BCUT2D eigenvalue weighted by atomic mass is 10.1. The lowest BCUT2D eigenvalue weighted by Crippen LogP contribution is -2.11. The van der Waals surface area contributed by atoms with Gasteiger partial charge in [-0.3, -0.25) is 0 Å². The molecule has 2 aromatic carbocycles. The molecule has 0 atom stereocenters. The van der Waals surface area contributed by atoms with Crippen LogP contribution < -0.4 is 10.1 Å². The first kappa shape index (κ1) is 17.3. The molecule has 0 aliphatic heterocycles. The van der Waals surface area contributed by atoms with Crippen molar-refractivity contribution in [1.82, 2.24) is 5.32 Å². The zero-order valence-electron chi connectivity index (χ0n) is 12.6. The molecule has 0 aliphatic carbocycles. The van der Waals surface area contributed by atoms with Crippen LogP contribution in [0.4, 0.5) is 17.6 Å². The zero-order chi connectivity index (χ0) is 16.9. The van der Waals surface area contributed by atoms with Gasteiger partial charge in [0.15, 0.2) is 11.6 Å². The van der Waals surface area contributed by atoms with Gasteiger partial charge in [-0.25, -0.2) is 4.39 Å². The van der Waals surface area contributed by atoms with Crippen molar-refractivity contribution >= 4 is 0 Å². The molecular weight excluding hydrogens is 310 g/mol. The highest BCUT2D eigenvalue weighted by Gasteiger charge is 2.29. The van der Waals surface area contributed by atoms with E-state index in [9.17, 15) is 17.6 Å². The predicted octanol–water partition coefficient (Wildman–Crippen LogP) is 4.53. The Morgan fingerprint density at radius 3 is 2.22 bits per heavy atom. The maximum Gasteiger partial charge on any atom is 0.416 e. The molecule has 124 valence electrons. The minimum absolute atomic E-state index is 0.00160. The molecule has 6 heteroatoms. The van der Waals surface area contributed by atoms with E-state index in [0.29, 0.717) is 12.1 Å². The highest BCUT2D eigenvalue weighted by Crippen LogP contribution is 2.29. The molecule has 2 rings (SSSR count). The third-order valence-electron chi connectivity index (χ3n) is 3.25. The smallest absolute Gasteiger partial charge is 0.416 e. The second kappa shape index (κ2) is 7.46. The average Bonchev–Trinajstić information content (AvgIpc) is 2.51. The molecule has 0 radical (unpaired) electrons. The van der Waals surface area contributed by atoms with E-state index in [-0.39, 0.29) is 12.4 Å². The molecule has 2 nitrogen and oxygen atoms in total. The second-order valence-corrected chi connectivity index (χ2v) is 5.03. The molecular formula is C17H17F4NO. The highest BCUT2D eigenvalue weighted by molar-refractivity contribution is 5.30. The topological polar surface area (TPSA) is 21.3 Å². The van der Waals surface area contributed by atoms with E-state index >= 15 is 0 Å². The third-order valence-corrected chi connectivity index (χ3v) is 3.25. The zero-order valence-corrected chi connectivity index (χ0v) is 12.6. The SMILES string of the molecule is CCNCc1ccc(OCc2ccc(C(F)(F)F)cc2)c(F)c1. The van der Waals surface area contributed by atoms with Crippen molar-refractivity contribution in [1.29, 1.82) is 0 Å². The number of benzene rings is 2. The minimum atomic E-state index is -4.37. The van der Waals surface area contributed by atoms with E-state index in [1.807, 2.05) is 6.92 Å². The molecule has 0 amide bonds. The molecule has 23 heavy (non-hydrogen) atoms. The van der Waals surface area contributed by atoms with Gasteiger partial charge in [0, 0.05) is 6.54 Å². The number of halogens is 4. The molecule has 0 aliphatic rings. The van der Waals surface area contributed by atoms with E-state index in [2.05, 4.69) is 5.32 Å². The lowest BCUT2D eigenvalue weighted by Gasteiger charge is -2.10. The number of alkyl halides is 3. The number of rotatable bonds is 6. The van der Waals surface area contributed by atoms with Gasteiger partial charge in [0.2, 0.25) is 0 Å². The number of hydrogen-bond acceptors (Lipinski definition) is 2. The molecule has 0 bridgehead atoms. The van der Waals surface area contributed by atoms with E-state index in [4.69, 9.17) is 4.74 Å². The summed E-state index contributed by atoms with van der Waals surface area (Å²) in [7, 11) is 0. The summed E-state index contributed by atoms with van der Waals surface area (Å²) in [6, 6.07) is 9.24. The maximum absolute atomic E-state index is 13.9. The molecule has 0 spiro atoms. The summed E-state index contributed by atoms with van der Waals surface area (Å²) in [4.78, 5) is 0. The first-order valence-corrected chi connectivity index (χ1v) is 7.18. The van der Waals surface area contributed by atoms with Crippen molar-refractivity contribution in [3.8, 4) is 5.75 Å². The van der Waals surface area contributed by atoms with Crippen LogP contribution in [0.3, 0.4) is 0 Å². The summed E-state index contributed by atoms with van der Waals surface area (Å²) in [5, 5.41) is 3.09. The van der Waals surface area contributed by atoms with Gasteiger partial charge >= 0.3 is 6.18 Å². The largest absolute Gasteiger partial charge is 0.486 e. The number of nitrogens with one attached hydrogen (secondary N) is 1. The number of hydrogen-bond donors (Lipinski definition) is 1. The first-order valence-electron chi connectivity index (χ1n) is 7.18. The third kappa shape index (κ3) is 4.96. The van der Waals surface area contributed by atoms with Crippen LogP contribution in [0.25, 0.3) is 0 Å². The van der Waals surface area contributed by atoms with E-state index < -0.39 is 17.6 Å². The fraction of sp³-hybridized carbons (Fsp3) is 0.294. The van der Waals surface area contributed by atoms with Crippen molar-refractivity contribution in [3.63, 3.8) is 0 Å². The van der Waals surface area contributed by atoms with Gasteiger partial charge < -0.3 is 10.1 Å². The van der Waals surface area contributed by atoms with Crippen LogP contribution in [0.1, 0.15) is 23.6 Å². The minimum Gasteiger partial charge on any atom is -0.486 e. The average molecular weight is 327 g/mol. The molecule has 0 fully saturated rings. The molecule has 0 saturated carbocycles. The highest BCUT2D eigenvalue weighted by atomic mass is 19.4. The molecule has 2 aromatic rings. The first-order chi connectivity index (χ1) is 10.9. The fourth-order valence-electron chi connectivity index (χ4n) is 1.99. The van der Waals surface area contributed by atoms with Crippen LogP contribution in [0.5, 0.6) is 5.75 Å². The van der Waals surface area contributed by atoms with Crippen LogP contribution in [0.15, 0.2) is 42.5 Å². The Hall–Kier alpha value is -2.08. The monoisotopic (exact) mass is 327 g/mol. The van der Waals surface area contributed by atoms with Crippen molar-refractivity contribution < 1.29 is 22.3 Å². The predicted molar refractivity (Wildman–Crippen MR) is 79.6 cm³/mol. The Kier molecular flexibility index (Phi) is 5.60. The van der Waals surface area contributed by atoms with Crippen molar-refractivity contribution in [2.45, 2.75) is 26.3 Å². The van der Waals surface area contributed by atoms with Gasteiger partial charge in [-0.05, 0) is 41.9 Å². The summed E-state index contributed by atoms with van der Waals surface area (Å²) in [6.07, 6.45) is -4.37. The lowest BCUT2D eigenvalue weighted by molar-refractivity contribution is -0.137. The van der Waals surface area contributed by atoms with E-state index in [0.717, 1.165) is 24.2 Å². The van der Waals surface area contributed by atoms with Gasteiger partial charge in [0.05, 0.1) is 5.56 Å². The maximum atomic E-state index is 13.9. The summed E-state index contributed by atoms with van der Waals surface area (Å²) in [5.41, 5.74) is 0.612. The Bertz CT molecular complexity index is 638. The molecule has 0 saturated heterocycles. The molecule has 0 aromatic heterocycles. The van der Waals surface area contributed by atoms with E-state index in [1.54, 1.807) is 6.07 Å². The Labute approximate surface area is 132 Å². The Balaban J connectivity index is 1.98. The second-order valence-electron chi connectivity index (χ2n) is 5.03. The van der Waals surface area contributed by atoms with Crippen molar-refractivity contribution in [2.75, 3.05) is 6.54 Å². The Morgan fingerprint density at radius 2 is 1.65 bits per heavy atom. The summed E-state index contributed by atoms with van der Waals surface area (Å²) in [5.74, 6) is -0.419.